The van der Waals surface area contributed by atoms with Gasteiger partial charge in [0, 0.05) is 32.8 Å². The maximum absolute atomic E-state index is 2.94. The first-order valence-electron chi connectivity index (χ1n) is 19.7. The largest absolute Gasteiger partial charge is 0.309 e. The van der Waals surface area contributed by atoms with Crippen molar-refractivity contribution < 1.29 is 0 Å². The topological polar surface area (TPSA) is 9.86 Å². The fourth-order valence-corrected chi connectivity index (χ4v) is 14.5. The van der Waals surface area contributed by atoms with E-state index in [2.05, 4.69) is 240 Å². The molecule has 2 nitrogen and oxygen atoms in total. The van der Waals surface area contributed by atoms with Gasteiger partial charge in [0.15, 0.2) is 8.07 Å². The van der Waals surface area contributed by atoms with Gasteiger partial charge in [-0.15, -0.1) is 0 Å². The SMILES string of the molecule is c1ccc(-c2ccccc2-n2c3ccc(-n4c5ccccc5c5ccccc54)cc3c3c([Si](c4ccccc4)(c4ccccc4)c4ccccc4)cccc32)cc1. The monoisotopic (exact) mass is 742 g/mol. The number of para-hydroxylation sites is 3. The van der Waals surface area contributed by atoms with Gasteiger partial charge in [-0.2, -0.15) is 0 Å². The van der Waals surface area contributed by atoms with Crippen LogP contribution >= 0.6 is 0 Å². The van der Waals surface area contributed by atoms with E-state index in [0.29, 0.717) is 0 Å². The number of rotatable bonds is 7. The van der Waals surface area contributed by atoms with Crippen LogP contribution in [0.4, 0.5) is 0 Å². The molecule has 0 fully saturated rings. The standard InChI is InChI=1S/C54H38N2Si/c1-5-20-39(21-6-1)44-28-13-16-31-48(44)56-51-37-36-40(55-49-32-17-14-29-45(49)46-30-15-18-33-50(46)55)38-47(51)54-52(56)34-19-35-53(54)57(41-22-7-2-8-23-41,42-24-9-3-10-25-42)43-26-11-4-12-27-43/h1-38H. The molecule has 0 saturated heterocycles. The maximum atomic E-state index is 2.52. The van der Waals surface area contributed by atoms with Crippen LogP contribution in [-0.4, -0.2) is 17.2 Å². The third-order valence-electron chi connectivity index (χ3n) is 11.9. The minimum atomic E-state index is -2.94. The predicted octanol–water partition coefficient (Wildman–Crippen LogP) is 10.9. The van der Waals surface area contributed by atoms with Crippen LogP contribution in [-0.2, 0) is 0 Å². The second-order valence-corrected chi connectivity index (χ2v) is 18.6. The number of fused-ring (bicyclic) bond motifs is 6. The molecule has 2 heterocycles. The lowest BCUT2D eigenvalue weighted by molar-refractivity contribution is 1.17. The highest BCUT2D eigenvalue weighted by molar-refractivity contribution is 7.20. The van der Waals surface area contributed by atoms with E-state index in [0.717, 1.165) is 11.4 Å². The van der Waals surface area contributed by atoms with Gasteiger partial charge in [-0.05, 0) is 68.8 Å². The lowest BCUT2D eigenvalue weighted by atomic mass is 10.0. The summed E-state index contributed by atoms with van der Waals surface area (Å²) in [6.07, 6.45) is 0. The summed E-state index contributed by atoms with van der Waals surface area (Å²) in [5, 5.41) is 10.5. The zero-order valence-corrected chi connectivity index (χ0v) is 32.3. The zero-order chi connectivity index (χ0) is 37.8. The summed E-state index contributed by atoms with van der Waals surface area (Å²) in [6, 6.07) is 85.3. The molecule has 0 unspecified atom stereocenters. The smallest absolute Gasteiger partial charge is 0.180 e. The van der Waals surface area contributed by atoms with Gasteiger partial charge in [0.2, 0.25) is 0 Å². The Morgan fingerprint density at radius 2 is 0.789 bits per heavy atom. The molecular weight excluding hydrogens is 705 g/mol. The molecule has 0 N–H and O–H groups in total. The van der Waals surface area contributed by atoms with E-state index in [9.17, 15) is 0 Å². The van der Waals surface area contributed by atoms with Crippen molar-refractivity contribution in [3.8, 4) is 22.5 Å². The molecular formula is C54H38N2Si. The van der Waals surface area contributed by atoms with Gasteiger partial charge in [-0.1, -0.05) is 188 Å². The van der Waals surface area contributed by atoms with Gasteiger partial charge in [0.05, 0.1) is 27.8 Å². The van der Waals surface area contributed by atoms with Crippen LogP contribution in [0.25, 0.3) is 66.1 Å². The average molecular weight is 743 g/mol. The molecule has 0 radical (unpaired) electrons. The second-order valence-electron chi connectivity index (χ2n) is 14.8. The first-order valence-corrected chi connectivity index (χ1v) is 21.7. The molecule has 0 spiro atoms. The molecule has 0 aliphatic carbocycles. The maximum Gasteiger partial charge on any atom is 0.180 e. The van der Waals surface area contributed by atoms with E-state index in [1.165, 1.54) is 75.5 Å². The molecule has 11 aromatic rings. The lowest BCUT2D eigenvalue weighted by Gasteiger charge is -2.35. The first-order chi connectivity index (χ1) is 28.3. The fraction of sp³-hybridized carbons (Fsp3) is 0. The Morgan fingerprint density at radius 1 is 0.316 bits per heavy atom. The summed E-state index contributed by atoms with van der Waals surface area (Å²) >= 11 is 0. The van der Waals surface area contributed by atoms with Crippen molar-refractivity contribution in [2.45, 2.75) is 0 Å². The Morgan fingerprint density at radius 3 is 1.39 bits per heavy atom. The molecule has 0 aliphatic heterocycles. The number of aromatic nitrogens is 2. The molecule has 0 aliphatic rings. The van der Waals surface area contributed by atoms with Crippen LogP contribution in [0, 0.1) is 0 Å². The Kier molecular flexibility index (Phi) is 7.87. The van der Waals surface area contributed by atoms with Gasteiger partial charge in [0.1, 0.15) is 0 Å². The zero-order valence-electron chi connectivity index (χ0n) is 31.3. The van der Waals surface area contributed by atoms with Crippen molar-refractivity contribution in [2.75, 3.05) is 0 Å². The fourth-order valence-electron chi connectivity index (χ4n) is 9.53. The summed E-state index contributed by atoms with van der Waals surface area (Å²) in [4.78, 5) is 0. The van der Waals surface area contributed by atoms with Crippen LogP contribution in [0.3, 0.4) is 0 Å². The number of hydrogen-bond acceptors (Lipinski definition) is 0. The Labute approximate surface area is 333 Å². The van der Waals surface area contributed by atoms with Crippen molar-refractivity contribution in [1.29, 1.82) is 0 Å². The van der Waals surface area contributed by atoms with Crippen molar-refractivity contribution in [3.05, 3.63) is 231 Å². The summed E-state index contributed by atoms with van der Waals surface area (Å²) in [7, 11) is -2.94. The Balaban J connectivity index is 1.33. The molecule has 0 amide bonds. The summed E-state index contributed by atoms with van der Waals surface area (Å²) in [6.45, 7) is 0. The number of nitrogens with zero attached hydrogens (tertiary/aromatic N) is 2. The van der Waals surface area contributed by atoms with E-state index in [1.54, 1.807) is 0 Å². The van der Waals surface area contributed by atoms with Crippen molar-refractivity contribution in [2.24, 2.45) is 0 Å². The van der Waals surface area contributed by atoms with Crippen molar-refractivity contribution >= 4 is 72.4 Å². The molecule has 268 valence electrons. The summed E-state index contributed by atoms with van der Waals surface area (Å²) < 4.78 is 4.97. The highest BCUT2D eigenvalue weighted by Gasteiger charge is 2.43. The van der Waals surface area contributed by atoms with Gasteiger partial charge in [-0.3, -0.25) is 0 Å². The van der Waals surface area contributed by atoms with E-state index < -0.39 is 8.07 Å². The van der Waals surface area contributed by atoms with Gasteiger partial charge in [-0.25, -0.2) is 0 Å². The first kappa shape index (κ1) is 33.2. The molecule has 0 bridgehead atoms. The minimum absolute atomic E-state index is 1.15. The number of benzene rings is 9. The van der Waals surface area contributed by atoms with E-state index in [4.69, 9.17) is 0 Å². The molecule has 3 heteroatoms. The van der Waals surface area contributed by atoms with Gasteiger partial charge in [0.25, 0.3) is 0 Å². The molecule has 11 rings (SSSR count). The van der Waals surface area contributed by atoms with E-state index in [-0.39, 0.29) is 0 Å². The van der Waals surface area contributed by atoms with Crippen LogP contribution in [0.1, 0.15) is 0 Å². The average Bonchev–Trinajstić information content (AvgIpc) is 3.81. The van der Waals surface area contributed by atoms with Gasteiger partial charge < -0.3 is 9.13 Å². The van der Waals surface area contributed by atoms with Crippen LogP contribution in [0.15, 0.2) is 231 Å². The van der Waals surface area contributed by atoms with Crippen molar-refractivity contribution in [3.63, 3.8) is 0 Å². The van der Waals surface area contributed by atoms with Gasteiger partial charge >= 0.3 is 0 Å². The van der Waals surface area contributed by atoms with E-state index in [1.807, 2.05) is 0 Å². The molecule has 9 aromatic carbocycles. The predicted molar refractivity (Wildman–Crippen MR) is 244 cm³/mol. The Hall–Kier alpha value is -7.20. The normalized spacial score (nSPS) is 11.9. The third-order valence-corrected chi connectivity index (χ3v) is 16.7. The lowest BCUT2D eigenvalue weighted by Crippen LogP contribution is -2.74. The van der Waals surface area contributed by atoms with E-state index >= 15 is 0 Å². The quantitative estimate of drug-likeness (QED) is 0.114. The second kappa shape index (κ2) is 13.5. The third kappa shape index (κ3) is 5.10. The van der Waals surface area contributed by atoms with Crippen LogP contribution in [0.2, 0.25) is 0 Å². The molecule has 0 atom stereocenters. The summed E-state index contributed by atoms with van der Waals surface area (Å²) in [5.74, 6) is 0. The van der Waals surface area contributed by atoms with Crippen LogP contribution < -0.4 is 20.7 Å². The molecule has 2 aromatic heterocycles. The number of hydrogen-bond donors (Lipinski definition) is 0. The Bertz CT molecular complexity index is 3070. The molecule has 57 heavy (non-hydrogen) atoms. The highest BCUT2D eigenvalue weighted by atomic mass is 28.3. The van der Waals surface area contributed by atoms with Crippen molar-refractivity contribution in [1.82, 2.24) is 9.13 Å². The van der Waals surface area contributed by atoms with Crippen LogP contribution in [0.5, 0.6) is 0 Å². The minimum Gasteiger partial charge on any atom is -0.309 e. The summed E-state index contributed by atoms with van der Waals surface area (Å²) in [5.41, 5.74) is 9.51. The molecule has 0 saturated carbocycles. The highest BCUT2D eigenvalue weighted by Crippen LogP contribution is 2.39.